The molecule has 0 saturated heterocycles. The van der Waals surface area contributed by atoms with Crippen LogP contribution in [0.2, 0.25) is 0 Å². The van der Waals surface area contributed by atoms with Crippen molar-refractivity contribution in [2.45, 2.75) is 12.2 Å². The third-order valence-corrected chi connectivity index (χ3v) is 7.69. The summed E-state index contributed by atoms with van der Waals surface area (Å²) in [5, 5.41) is 3.88. The molecule has 0 saturated carbocycles. The summed E-state index contributed by atoms with van der Waals surface area (Å²) in [6.07, 6.45) is 9.41. The van der Waals surface area contributed by atoms with Crippen molar-refractivity contribution in [1.29, 1.82) is 0 Å². The van der Waals surface area contributed by atoms with E-state index in [0.717, 1.165) is 56.4 Å². The fourth-order valence-corrected chi connectivity index (χ4v) is 5.48. The molecule has 0 heterocycles. The minimum absolute atomic E-state index is 0.352. The minimum atomic E-state index is -0.352. The summed E-state index contributed by atoms with van der Waals surface area (Å²) < 4.78 is 6.89. The smallest absolute Gasteiger partial charge is 0.150 e. The molecule has 6 aromatic carbocycles. The maximum Gasteiger partial charge on any atom is 0.150 e. The van der Waals surface area contributed by atoms with E-state index in [-0.39, 0.29) is 12.2 Å². The zero-order valence-electron chi connectivity index (χ0n) is 23.5. The van der Waals surface area contributed by atoms with Crippen LogP contribution in [0.25, 0.3) is 33.7 Å². The molecule has 0 radical (unpaired) electrons. The lowest BCUT2D eigenvalue weighted by Crippen LogP contribution is -2.07. The number of rotatable bonds is 10. The van der Waals surface area contributed by atoms with Crippen LogP contribution < -0.4 is 0 Å². The van der Waals surface area contributed by atoms with Gasteiger partial charge in [-0.25, -0.2) is 0 Å². The lowest BCUT2D eigenvalue weighted by atomic mass is 9.98. The number of hydrogen-bond acceptors (Lipinski definition) is 3. The zero-order chi connectivity index (χ0) is 29.4. The molecule has 0 bridgehead atoms. The highest BCUT2D eigenvalue weighted by atomic mass is 16.5. The van der Waals surface area contributed by atoms with Gasteiger partial charge in [0.25, 0.3) is 0 Å². The molecule has 3 nitrogen and oxygen atoms in total. The summed E-state index contributed by atoms with van der Waals surface area (Å²) in [5.41, 5.74) is 5.43. The maximum absolute atomic E-state index is 11.6. The molecule has 2 unspecified atom stereocenters. The van der Waals surface area contributed by atoms with Crippen molar-refractivity contribution in [3.05, 3.63) is 179 Å². The second kappa shape index (κ2) is 13.1. The Bertz CT molecular complexity index is 1800. The van der Waals surface area contributed by atoms with Gasteiger partial charge in [-0.1, -0.05) is 158 Å². The largest absolute Gasteiger partial charge is 0.357 e. The fraction of sp³-hybridized carbons (Fsp3) is 0.0500. The van der Waals surface area contributed by atoms with Crippen LogP contribution in [0.4, 0.5) is 0 Å². The molecule has 6 aromatic rings. The number of aldehydes is 2. The van der Waals surface area contributed by atoms with Crippen molar-refractivity contribution in [2.75, 3.05) is 0 Å². The Morgan fingerprint density at radius 2 is 0.721 bits per heavy atom. The van der Waals surface area contributed by atoms with Crippen LogP contribution >= 0.6 is 0 Å². The van der Waals surface area contributed by atoms with Crippen LogP contribution in [-0.4, -0.2) is 12.6 Å². The van der Waals surface area contributed by atoms with Crippen LogP contribution in [0.15, 0.2) is 146 Å². The van der Waals surface area contributed by atoms with Gasteiger partial charge in [-0.05, 0) is 43.8 Å². The highest BCUT2D eigenvalue weighted by Gasteiger charge is 2.17. The first kappa shape index (κ1) is 27.8. The number of carbonyl (C=O) groups is 2. The van der Waals surface area contributed by atoms with Gasteiger partial charge in [-0.3, -0.25) is 9.59 Å². The second-order valence-corrected chi connectivity index (χ2v) is 10.3. The first-order chi connectivity index (χ1) is 21.2. The topological polar surface area (TPSA) is 43.4 Å². The van der Waals surface area contributed by atoms with Gasteiger partial charge in [-0.15, -0.1) is 0 Å². The van der Waals surface area contributed by atoms with E-state index in [9.17, 15) is 9.59 Å². The van der Waals surface area contributed by atoms with Gasteiger partial charge >= 0.3 is 0 Å². The van der Waals surface area contributed by atoms with Crippen LogP contribution in [0, 0.1) is 0 Å². The highest BCUT2D eigenvalue weighted by Crippen LogP contribution is 2.32. The summed E-state index contributed by atoms with van der Waals surface area (Å²) in [5.74, 6) is 0. The van der Waals surface area contributed by atoms with Crippen LogP contribution in [0.1, 0.15) is 55.2 Å². The number of carbonyl (C=O) groups excluding carboxylic acids is 2. The van der Waals surface area contributed by atoms with Crippen LogP contribution in [0.3, 0.4) is 0 Å². The number of benzene rings is 6. The fourth-order valence-electron chi connectivity index (χ4n) is 5.48. The summed E-state index contributed by atoms with van der Waals surface area (Å²) in [4.78, 5) is 23.3. The lowest BCUT2D eigenvalue weighted by Gasteiger charge is -2.22. The summed E-state index contributed by atoms with van der Waals surface area (Å²) in [7, 11) is 0. The molecule has 0 spiro atoms. The molecular weight excluding hydrogens is 528 g/mol. The second-order valence-electron chi connectivity index (χ2n) is 10.3. The van der Waals surface area contributed by atoms with Crippen molar-refractivity contribution in [3.8, 4) is 0 Å². The van der Waals surface area contributed by atoms with Crippen molar-refractivity contribution in [3.63, 3.8) is 0 Å². The average Bonchev–Trinajstić information content (AvgIpc) is 3.08. The molecule has 43 heavy (non-hydrogen) atoms. The molecule has 6 rings (SSSR count). The summed E-state index contributed by atoms with van der Waals surface area (Å²) in [6.45, 7) is 0. The Balaban J connectivity index is 1.39. The molecule has 0 aliphatic rings. The first-order valence-corrected chi connectivity index (χ1v) is 14.3. The van der Waals surface area contributed by atoms with E-state index in [1.54, 1.807) is 0 Å². The standard InChI is InChI=1S/C40H30O3/c41-27-33-21-19-29(35-15-7-9-17-37(33)35)23-25-39(31-11-3-1-4-12-31)43-40(32-13-5-2-6-14-32)26-24-30-20-22-34(28-42)38-18-10-8-16-36(30)38/h1-28,39-40H. The first-order valence-electron chi connectivity index (χ1n) is 14.3. The van der Waals surface area contributed by atoms with E-state index in [2.05, 4.69) is 48.6 Å². The van der Waals surface area contributed by atoms with Gasteiger partial charge < -0.3 is 4.74 Å². The molecule has 2 atom stereocenters. The Hall–Kier alpha value is -5.38. The Labute approximate surface area is 251 Å². The molecule has 0 N–H and O–H groups in total. The monoisotopic (exact) mass is 558 g/mol. The van der Waals surface area contributed by atoms with Gasteiger partial charge in [0, 0.05) is 11.1 Å². The van der Waals surface area contributed by atoms with Crippen LogP contribution in [-0.2, 0) is 4.74 Å². The third kappa shape index (κ3) is 6.13. The normalized spacial score (nSPS) is 13.0. The van der Waals surface area contributed by atoms with Gasteiger partial charge in [-0.2, -0.15) is 0 Å². The van der Waals surface area contributed by atoms with Crippen LogP contribution in [0.5, 0.6) is 0 Å². The van der Waals surface area contributed by atoms with Crippen molar-refractivity contribution in [2.24, 2.45) is 0 Å². The Kier molecular flexibility index (Phi) is 8.44. The van der Waals surface area contributed by atoms with Gasteiger partial charge in [0.05, 0.1) is 0 Å². The molecule has 0 aromatic heterocycles. The maximum atomic E-state index is 11.6. The summed E-state index contributed by atoms with van der Waals surface area (Å²) >= 11 is 0. The van der Waals surface area contributed by atoms with Gasteiger partial charge in [0.2, 0.25) is 0 Å². The molecule has 3 heteroatoms. The molecule has 0 aliphatic heterocycles. The van der Waals surface area contributed by atoms with Crippen molar-refractivity contribution >= 4 is 46.3 Å². The minimum Gasteiger partial charge on any atom is -0.357 e. The molecule has 0 aliphatic carbocycles. The van der Waals surface area contributed by atoms with Gasteiger partial charge in [0.15, 0.2) is 12.6 Å². The highest BCUT2D eigenvalue weighted by molar-refractivity contribution is 6.02. The lowest BCUT2D eigenvalue weighted by molar-refractivity contribution is 0.0408. The summed E-state index contributed by atoms with van der Waals surface area (Å²) in [6, 6.07) is 43.9. The number of hydrogen-bond donors (Lipinski definition) is 0. The molecular formula is C40H30O3. The van der Waals surface area contributed by atoms with E-state index in [1.807, 2.05) is 109 Å². The van der Waals surface area contributed by atoms with E-state index >= 15 is 0 Å². The van der Waals surface area contributed by atoms with E-state index in [1.165, 1.54) is 0 Å². The van der Waals surface area contributed by atoms with Crippen molar-refractivity contribution < 1.29 is 14.3 Å². The Morgan fingerprint density at radius 3 is 1.09 bits per heavy atom. The predicted octanol–water partition coefficient (Wildman–Crippen LogP) is 9.84. The average molecular weight is 559 g/mol. The van der Waals surface area contributed by atoms with E-state index in [0.29, 0.717) is 11.1 Å². The predicted molar refractivity (Wildman–Crippen MR) is 176 cm³/mol. The van der Waals surface area contributed by atoms with Crippen molar-refractivity contribution in [1.82, 2.24) is 0 Å². The SMILES string of the molecule is O=Cc1ccc(C=CC(OC(C=Cc2ccc(C=O)c3ccccc23)c2ccccc2)c2ccccc2)c2ccccc12. The zero-order valence-corrected chi connectivity index (χ0v) is 23.5. The quantitative estimate of drug-likeness (QED) is 0.157. The van der Waals surface area contributed by atoms with E-state index in [4.69, 9.17) is 4.74 Å². The number of fused-ring (bicyclic) bond motifs is 2. The molecule has 0 amide bonds. The Morgan fingerprint density at radius 1 is 0.395 bits per heavy atom. The van der Waals surface area contributed by atoms with Gasteiger partial charge in [0.1, 0.15) is 12.2 Å². The molecule has 208 valence electrons. The third-order valence-electron chi connectivity index (χ3n) is 7.69. The van der Waals surface area contributed by atoms with E-state index < -0.39 is 0 Å². The number of ether oxygens (including phenoxy) is 1. The molecule has 0 fully saturated rings.